The Labute approximate surface area is 118 Å². The van der Waals surface area contributed by atoms with Crippen molar-refractivity contribution in [1.29, 1.82) is 0 Å². The molecule has 1 aliphatic heterocycles. The third kappa shape index (κ3) is 4.64. The first-order valence-corrected chi connectivity index (χ1v) is 7.11. The molecule has 2 aliphatic rings. The van der Waals surface area contributed by atoms with Gasteiger partial charge in [-0.1, -0.05) is 0 Å². The van der Waals surface area contributed by atoms with Gasteiger partial charge in [0.25, 0.3) is 0 Å². The predicted molar refractivity (Wildman–Crippen MR) is 70.5 cm³/mol. The van der Waals surface area contributed by atoms with Gasteiger partial charge in [0, 0.05) is 26.3 Å². The first kappa shape index (κ1) is 15.1. The van der Waals surface area contributed by atoms with Crippen LogP contribution in [0.3, 0.4) is 0 Å². The number of carbonyl (C=O) groups excluding carboxylic acids is 1. The normalized spacial score (nSPS) is 22.6. The largest absolute Gasteiger partial charge is 0.480 e. The highest BCUT2D eigenvalue weighted by Crippen LogP contribution is 2.28. The summed E-state index contributed by atoms with van der Waals surface area (Å²) in [5.74, 6) is -0.290. The minimum atomic E-state index is -1.03. The molecule has 0 spiro atoms. The smallest absolute Gasteiger partial charge is 0.328 e. The number of ether oxygens (including phenoxy) is 2. The number of hydrogen-bond donors (Lipinski definition) is 2. The van der Waals surface area contributed by atoms with E-state index in [4.69, 9.17) is 14.6 Å². The summed E-state index contributed by atoms with van der Waals surface area (Å²) in [4.78, 5) is 24.3. The van der Waals surface area contributed by atoms with Crippen LogP contribution in [0.5, 0.6) is 0 Å². The first-order valence-electron chi connectivity index (χ1n) is 7.11. The van der Waals surface area contributed by atoms with Crippen molar-refractivity contribution in [3.63, 3.8) is 0 Å². The molecule has 1 heterocycles. The number of nitrogens with one attached hydrogen (secondary N) is 1. The van der Waals surface area contributed by atoms with Crippen molar-refractivity contribution in [2.75, 3.05) is 39.5 Å². The monoisotopic (exact) mass is 286 g/mol. The van der Waals surface area contributed by atoms with Gasteiger partial charge in [0.1, 0.15) is 0 Å². The maximum atomic E-state index is 11.9. The van der Waals surface area contributed by atoms with Gasteiger partial charge in [0.15, 0.2) is 6.04 Å². The third-order valence-electron chi connectivity index (χ3n) is 3.47. The van der Waals surface area contributed by atoms with Crippen molar-refractivity contribution in [3.8, 4) is 0 Å². The number of hydrogen-bond acceptors (Lipinski definition) is 4. The molecule has 114 valence electrons. The quantitative estimate of drug-likeness (QED) is 0.657. The molecule has 0 aromatic heterocycles. The maximum Gasteiger partial charge on any atom is 0.328 e. The van der Waals surface area contributed by atoms with E-state index in [1.165, 1.54) is 17.7 Å². The lowest BCUT2D eigenvalue weighted by atomic mass is 10.2. The summed E-state index contributed by atoms with van der Waals surface area (Å²) >= 11 is 0. The molecule has 2 amide bonds. The van der Waals surface area contributed by atoms with Gasteiger partial charge in [-0.3, -0.25) is 0 Å². The number of rotatable bonds is 7. The number of morpholine rings is 1. The zero-order valence-electron chi connectivity index (χ0n) is 11.5. The minimum Gasteiger partial charge on any atom is -0.480 e. The Kier molecular flexibility index (Phi) is 5.60. The molecular weight excluding hydrogens is 264 g/mol. The Morgan fingerprint density at radius 2 is 2.20 bits per heavy atom. The molecule has 0 aromatic rings. The molecule has 7 heteroatoms. The lowest BCUT2D eigenvalue weighted by Crippen LogP contribution is -2.55. The molecule has 1 aliphatic carbocycles. The average Bonchev–Trinajstić information content (AvgIpc) is 3.26. The molecule has 1 unspecified atom stereocenters. The Morgan fingerprint density at radius 3 is 2.90 bits per heavy atom. The molecule has 20 heavy (non-hydrogen) atoms. The van der Waals surface area contributed by atoms with E-state index < -0.39 is 12.0 Å². The molecule has 0 bridgehead atoms. The number of carbonyl (C=O) groups is 2. The minimum absolute atomic E-state index is 0.0489. The van der Waals surface area contributed by atoms with Crippen molar-refractivity contribution in [1.82, 2.24) is 10.2 Å². The summed E-state index contributed by atoms with van der Waals surface area (Å²) < 4.78 is 10.6. The lowest BCUT2D eigenvalue weighted by molar-refractivity contribution is -0.147. The van der Waals surface area contributed by atoms with E-state index in [2.05, 4.69) is 5.32 Å². The summed E-state index contributed by atoms with van der Waals surface area (Å²) in [7, 11) is 0. The molecular formula is C13H22N2O5. The van der Waals surface area contributed by atoms with Crippen molar-refractivity contribution in [2.24, 2.45) is 5.92 Å². The van der Waals surface area contributed by atoms with E-state index in [0.717, 1.165) is 18.9 Å². The Morgan fingerprint density at radius 1 is 1.40 bits per heavy atom. The van der Waals surface area contributed by atoms with Gasteiger partial charge in [-0.2, -0.15) is 0 Å². The van der Waals surface area contributed by atoms with Crippen LogP contribution < -0.4 is 5.32 Å². The average molecular weight is 286 g/mol. The number of amides is 2. The SMILES string of the molecule is O=C(O)C1COCCN1C(=O)NCCCOCC1CC1. The summed E-state index contributed by atoms with van der Waals surface area (Å²) in [5, 5.41) is 11.8. The fourth-order valence-corrected chi connectivity index (χ4v) is 2.06. The predicted octanol–water partition coefficient (Wildman–Crippen LogP) is 0.298. The molecule has 0 radical (unpaired) electrons. The van der Waals surface area contributed by atoms with E-state index in [1.54, 1.807) is 0 Å². The molecule has 2 fully saturated rings. The highest BCUT2D eigenvalue weighted by atomic mass is 16.5. The number of urea groups is 1. The standard InChI is InChI=1S/C13H22N2O5/c16-12(17)11-9-20-7-5-15(11)13(18)14-4-1-6-19-8-10-2-3-10/h10-11H,1-9H2,(H,14,18)(H,16,17). The van der Waals surface area contributed by atoms with Crippen LogP contribution in [0.1, 0.15) is 19.3 Å². The highest BCUT2D eigenvalue weighted by Gasteiger charge is 2.32. The van der Waals surface area contributed by atoms with Gasteiger partial charge < -0.3 is 24.8 Å². The van der Waals surface area contributed by atoms with Crippen LogP contribution in [0.4, 0.5) is 4.79 Å². The highest BCUT2D eigenvalue weighted by molar-refractivity contribution is 5.82. The van der Waals surface area contributed by atoms with Crippen LogP contribution in [0, 0.1) is 5.92 Å². The summed E-state index contributed by atoms with van der Waals surface area (Å²) in [6.07, 6.45) is 3.27. The van der Waals surface area contributed by atoms with Crippen LogP contribution in [-0.2, 0) is 14.3 Å². The van der Waals surface area contributed by atoms with Gasteiger partial charge >= 0.3 is 12.0 Å². The molecule has 1 saturated carbocycles. The maximum absolute atomic E-state index is 11.9. The van der Waals surface area contributed by atoms with Crippen LogP contribution in [0.25, 0.3) is 0 Å². The lowest BCUT2D eigenvalue weighted by Gasteiger charge is -2.32. The summed E-state index contributed by atoms with van der Waals surface area (Å²) in [6, 6.07) is -1.24. The Balaban J connectivity index is 1.60. The van der Waals surface area contributed by atoms with E-state index >= 15 is 0 Å². The number of nitrogens with zero attached hydrogens (tertiary/aromatic N) is 1. The third-order valence-corrected chi connectivity index (χ3v) is 3.47. The van der Waals surface area contributed by atoms with E-state index in [0.29, 0.717) is 26.3 Å². The van der Waals surface area contributed by atoms with Gasteiger partial charge in [-0.25, -0.2) is 9.59 Å². The van der Waals surface area contributed by atoms with Crippen LogP contribution in [0.2, 0.25) is 0 Å². The van der Waals surface area contributed by atoms with E-state index in [9.17, 15) is 9.59 Å². The fraction of sp³-hybridized carbons (Fsp3) is 0.846. The van der Waals surface area contributed by atoms with E-state index in [-0.39, 0.29) is 12.6 Å². The zero-order chi connectivity index (χ0) is 14.4. The van der Waals surface area contributed by atoms with Crippen molar-refractivity contribution in [2.45, 2.75) is 25.3 Å². The second-order valence-electron chi connectivity index (χ2n) is 5.23. The first-order chi connectivity index (χ1) is 9.68. The number of carboxylic acids is 1. The van der Waals surface area contributed by atoms with Gasteiger partial charge in [-0.15, -0.1) is 0 Å². The molecule has 1 atom stereocenters. The molecule has 7 nitrogen and oxygen atoms in total. The van der Waals surface area contributed by atoms with Crippen LogP contribution >= 0.6 is 0 Å². The topological polar surface area (TPSA) is 88.1 Å². The molecule has 2 rings (SSSR count). The number of carboxylic acid groups (broad SMARTS) is 1. The van der Waals surface area contributed by atoms with Crippen LogP contribution in [-0.4, -0.2) is 67.6 Å². The van der Waals surface area contributed by atoms with Crippen molar-refractivity contribution < 1.29 is 24.2 Å². The molecule has 0 aromatic carbocycles. The summed E-state index contributed by atoms with van der Waals surface area (Å²) in [6.45, 7) is 2.67. The fourth-order valence-electron chi connectivity index (χ4n) is 2.06. The molecule has 2 N–H and O–H groups in total. The zero-order valence-corrected chi connectivity index (χ0v) is 11.5. The van der Waals surface area contributed by atoms with Crippen molar-refractivity contribution in [3.05, 3.63) is 0 Å². The van der Waals surface area contributed by atoms with Gasteiger partial charge in [-0.05, 0) is 25.2 Å². The summed E-state index contributed by atoms with van der Waals surface area (Å²) in [5.41, 5.74) is 0. The van der Waals surface area contributed by atoms with E-state index in [1.807, 2.05) is 0 Å². The number of aliphatic carboxylic acids is 1. The molecule has 1 saturated heterocycles. The second-order valence-corrected chi connectivity index (χ2v) is 5.23. The Hall–Kier alpha value is -1.34. The van der Waals surface area contributed by atoms with Crippen molar-refractivity contribution >= 4 is 12.0 Å². The van der Waals surface area contributed by atoms with Crippen LogP contribution in [0.15, 0.2) is 0 Å². The Bertz CT molecular complexity index is 346. The van der Waals surface area contributed by atoms with Gasteiger partial charge in [0.2, 0.25) is 0 Å². The van der Waals surface area contributed by atoms with Gasteiger partial charge in [0.05, 0.1) is 13.2 Å². The second kappa shape index (κ2) is 7.44.